The molecule has 0 aliphatic heterocycles. The fourth-order valence-electron chi connectivity index (χ4n) is 1.57. The quantitative estimate of drug-likeness (QED) is 0.524. The summed E-state index contributed by atoms with van der Waals surface area (Å²) in [4.78, 5) is 10.8. The molecule has 0 aromatic rings. The summed E-state index contributed by atoms with van der Waals surface area (Å²) >= 11 is 0. The van der Waals surface area contributed by atoms with Gasteiger partial charge in [0.25, 0.3) is 0 Å². The second-order valence-electron chi connectivity index (χ2n) is 3.29. The maximum Gasteiger partial charge on any atom is 0.133 e. The third-order valence-electron chi connectivity index (χ3n) is 2.68. The number of carbonyl (C=O) groups is 1. The smallest absolute Gasteiger partial charge is 0.133 e. The van der Waals surface area contributed by atoms with E-state index in [0.29, 0.717) is 17.6 Å². The lowest BCUT2D eigenvalue weighted by molar-refractivity contribution is -0.127. The van der Waals surface area contributed by atoms with E-state index in [0.717, 1.165) is 12.3 Å². The standard InChI is InChI=1S/C8H14O/c1-5-4-8(6(5)2)7(3)9/h5-6,8H,4H2,1-3H3. The molecule has 3 atom stereocenters. The Hall–Kier alpha value is -0.330. The van der Waals surface area contributed by atoms with Crippen molar-refractivity contribution in [2.24, 2.45) is 17.8 Å². The Kier molecular flexibility index (Phi) is 1.60. The van der Waals surface area contributed by atoms with Crippen LogP contribution in [0.4, 0.5) is 0 Å². The zero-order chi connectivity index (χ0) is 7.02. The summed E-state index contributed by atoms with van der Waals surface area (Å²) in [5.41, 5.74) is 0. The average molecular weight is 126 g/mol. The first-order chi connectivity index (χ1) is 4.13. The van der Waals surface area contributed by atoms with Gasteiger partial charge in [0.15, 0.2) is 0 Å². The molecule has 1 aliphatic rings. The lowest BCUT2D eigenvalue weighted by Gasteiger charge is -2.38. The summed E-state index contributed by atoms with van der Waals surface area (Å²) in [6.45, 7) is 6.08. The minimum Gasteiger partial charge on any atom is -0.300 e. The minimum atomic E-state index is 0.376. The Morgan fingerprint density at radius 3 is 2.11 bits per heavy atom. The normalized spacial score (nSPS) is 41.9. The largest absolute Gasteiger partial charge is 0.300 e. The van der Waals surface area contributed by atoms with Crippen LogP contribution in [-0.2, 0) is 4.79 Å². The monoisotopic (exact) mass is 126 g/mol. The van der Waals surface area contributed by atoms with Gasteiger partial charge in [-0.3, -0.25) is 4.79 Å². The Balaban J connectivity index is 2.42. The summed E-state index contributed by atoms with van der Waals surface area (Å²) in [7, 11) is 0. The van der Waals surface area contributed by atoms with Gasteiger partial charge >= 0.3 is 0 Å². The van der Waals surface area contributed by atoms with E-state index in [1.807, 2.05) is 0 Å². The molecule has 0 aromatic heterocycles. The fraction of sp³-hybridized carbons (Fsp3) is 0.875. The first kappa shape index (κ1) is 6.79. The van der Waals surface area contributed by atoms with E-state index in [-0.39, 0.29) is 0 Å². The maximum atomic E-state index is 10.8. The number of ketones is 1. The molecule has 0 aromatic carbocycles. The summed E-state index contributed by atoms with van der Waals surface area (Å²) < 4.78 is 0. The van der Waals surface area contributed by atoms with Crippen molar-refractivity contribution in [2.75, 3.05) is 0 Å². The fourth-order valence-corrected chi connectivity index (χ4v) is 1.57. The van der Waals surface area contributed by atoms with Crippen LogP contribution in [0.5, 0.6) is 0 Å². The molecule has 0 N–H and O–H groups in total. The second-order valence-corrected chi connectivity index (χ2v) is 3.29. The Morgan fingerprint density at radius 1 is 1.44 bits per heavy atom. The van der Waals surface area contributed by atoms with Crippen LogP contribution in [0.15, 0.2) is 0 Å². The van der Waals surface area contributed by atoms with Crippen molar-refractivity contribution in [1.82, 2.24) is 0 Å². The van der Waals surface area contributed by atoms with Crippen LogP contribution in [0, 0.1) is 17.8 Å². The highest BCUT2D eigenvalue weighted by molar-refractivity contribution is 5.79. The summed E-state index contributed by atoms with van der Waals surface area (Å²) in [5.74, 6) is 2.18. The van der Waals surface area contributed by atoms with Crippen molar-refractivity contribution in [1.29, 1.82) is 0 Å². The van der Waals surface area contributed by atoms with E-state index in [4.69, 9.17) is 0 Å². The zero-order valence-corrected chi connectivity index (χ0v) is 6.35. The third kappa shape index (κ3) is 1.00. The van der Waals surface area contributed by atoms with Crippen LogP contribution in [0.3, 0.4) is 0 Å². The molecule has 0 heterocycles. The highest BCUT2D eigenvalue weighted by Crippen LogP contribution is 2.39. The molecule has 0 spiro atoms. The first-order valence-corrected chi connectivity index (χ1v) is 3.63. The lowest BCUT2D eigenvalue weighted by Crippen LogP contribution is -2.36. The van der Waals surface area contributed by atoms with Crippen LogP contribution in [0.1, 0.15) is 27.2 Å². The van der Waals surface area contributed by atoms with Crippen LogP contribution in [-0.4, -0.2) is 5.78 Å². The van der Waals surface area contributed by atoms with E-state index in [9.17, 15) is 4.79 Å². The summed E-state index contributed by atoms with van der Waals surface area (Å²) in [6.07, 6.45) is 1.12. The van der Waals surface area contributed by atoms with Gasteiger partial charge in [0, 0.05) is 5.92 Å². The van der Waals surface area contributed by atoms with Gasteiger partial charge in [-0.2, -0.15) is 0 Å². The Morgan fingerprint density at radius 2 is 2.00 bits per heavy atom. The molecule has 1 aliphatic carbocycles. The van der Waals surface area contributed by atoms with Gasteiger partial charge in [-0.1, -0.05) is 13.8 Å². The van der Waals surface area contributed by atoms with Crippen molar-refractivity contribution in [3.05, 3.63) is 0 Å². The molecular weight excluding hydrogens is 112 g/mol. The van der Waals surface area contributed by atoms with E-state index in [1.54, 1.807) is 6.92 Å². The van der Waals surface area contributed by atoms with Gasteiger partial charge in [-0.15, -0.1) is 0 Å². The highest BCUT2D eigenvalue weighted by Gasteiger charge is 2.36. The minimum absolute atomic E-state index is 0.376. The van der Waals surface area contributed by atoms with Gasteiger partial charge in [-0.05, 0) is 25.2 Å². The molecule has 1 fully saturated rings. The summed E-state index contributed by atoms with van der Waals surface area (Å²) in [6, 6.07) is 0. The molecule has 0 saturated heterocycles. The van der Waals surface area contributed by atoms with Crippen LogP contribution < -0.4 is 0 Å². The van der Waals surface area contributed by atoms with Crippen LogP contribution >= 0.6 is 0 Å². The van der Waals surface area contributed by atoms with Crippen molar-refractivity contribution in [2.45, 2.75) is 27.2 Å². The molecule has 3 unspecified atom stereocenters. The predicted molar refractivity (Wildman–Crippen MR) is 37.1 cm³/mol. The molecule has 1 nitrogen and oxygen atoms in total. The summed E-state index contributed by atoms with van der Waals surface area (Å²) in [5, 5.41) is 0. The molecule has 9 heavy (non-hydrogen) atoms. The van der Waals surface area contributed by atoms with Crippen LogP contribution in [0.2, 0.25) is 0 Å². The molecule has 0 amide bonds. The van der Waals surface area contributed by atoms with E-state index < -0.39 is 0 Å². The maximum absolute atomic E-state index is 10.8. The molecule has 52 valence electrons. The van der Waals surface area contributed by atoms with Crippen molar-refractivity contribution < 1.29 is 4.79 Å². The number of carbonyl (C=O) groups excluding carboxylic acids is 1. The number of hydrogen-bond acceptors (Lipinski definition) is 1. The van der Waals surface area contributed by atoms with E-state index in [2.05, 4.69) is 13.8 Å². The molecule has 1 heteroatoms. The first-order valence-electron chi connectivity index (χ1n) is 3.63. The molecule has 1 rings (SSSR count). The lowest BCUT2D eigenvalue weighted by atomic mass is 9.65. The van der Waals surface area contributed by atoms with Gasteiger partial charge in [0.2, 0.25) is 0 Å². The third-order valence-corrected chi connectivity index (χ3v) is 2.68. The predicted octanol–water partition coefficient (Wildman–Crippen LogP) is 1.87. The topological polar surface area (TPSA) is 17.1 Å². The second kappa shape index (κ2) is 2.13. The molecule has 0 bridgehead atoms. The van der Waals surface area contributed by atoms with E-state index >= 15 is 0 Å². The van der Waals surface area contributed by atoms with E-state index in [1.165, 1.54) is 0 Å². The zero-order valence-electron chi connectivity index (χ0n) is 6.35. The molecule has 0 radical (unpaired) electrons. The van der Waals surface area contributed by atoms with Crippen molar-refractivity contribution in [3.63, 3.8) is 0 Å². The van der Waals surface area contributed by atoms with Gasteiger partial charge in [-0.25, -0.2) is 0 Å². The Bertz CT molecular complexity index is 129. The molecular formula is C8H14O. The number of Topliss-reactive ketones (excluding diaryl/α,β-unsaturated/α-hetero) is 1. The number of rotatable bonds is 1. The molecule has 1 saturated carbocycles. The highest BCUT2D eigenvalue weighted by atomic mass is 16.1. The SMILES string of the molecule is CC(=O)C1CC(C)C1C. The van der Waals surface area contributed by atoms with Crippen molar-refractivity contribution in [3.8, 4) is 0 Å². The van der Waals surface area contributed by atoms with Gasteiger partial charge in [0.1, 0.15) is 5.78 Å². The average Bonchev–Trinajstić information content (AvgIpc) is 1.81. The number of hydrogen-bond donors (Lipinski definition) is 0. The van der Waals surface area contributed by atoms with Gasteiger partial charge < -0.3 is 0 Å². The Labute approximate surface area is 56.4 Å². The van der Waals surface area contributed by atoms with Gasteiger partial charge in [0.05, 0.1) is 0 Å². The van der Waals surface area contributed by atoms with Crippen LogP contribution in [0.25, 0.3) is 0 Å². The van der Waals surface area contributed by atoms with Crippen molar-refractivity contribution >= 4 is 5.78 Å².